The number of hydrogen-bond donors (Lipinski definition) is 2. The average molecular weight is 273 g/mol. The number of benzene rings is 1. The normalized spacial score (nSPS) is 10.1. The number of carbonyl (C=O) groups excluding carboxylic acids is 2. The molecule has 0 aliphatic carbocycles. The van der Waals surface area contributed by atoms with E-state index in [4.69, 9.17) is 4.52 Å². The zero-order valence-corrected chi connectivity index (χ0v) is 11.3. The van der Waals surface area contributed by atoms with Crippen molar-refractivity contribution in [1.29, 1.82) is 0 Å². The highest BCUT2D eigenvalue weighted by molar-refractivity contribution is 5.98. The van der Waals surface area contributed by atoms with Gasteiger partial charge in [0.15, 0.2) is 5.69 Å². The molecule has 2 amide bonds. The molecule has 20 heavy (non-hydrogen) atoms. The molecule has 0 aliphatic heterocycles. The van der Waals surface area contributed by atoms with Gasteiger partial charge in [-0.3, -0.25) is 20.4 Å². The van der Waals surface area contributed by atoms with Crippen LogP contribution in [0.1, 0.15) is 39.1 Å². The van der Waals surface area contributed by atoms with Gasteiger partial charge in [-0.2, -0.15) is 0 Å². The van der Waals surface area contributed by atoms with Crippen molar-refractivity contribution in [2.45, 2.75) is 20.3 Å². The molecule has 0 unspecified atom stereocenters. The Kier molecular flexibility index (Phi) is 4.14. The van der Waals surface area contributed by atoms with E-state index in [2.05, 4.69) is 16.0 Å². The number of hydrogen-bond acceptors (Lipinski definition) is 4. The van der Waals surface area contributed by atoms with Crippen LogP contribution in [0.5, 0.6) is 0 Å². The summed E-state index contributed by atoms with van der Waals surface area (Å²) in [6, 6.07) is 8.65. The van der Waals surface area contributed by atoms with Crippen molar-refractivity contribution in [3.63, 3.8) is 0 Å². The fraction of sp³-hybridized carbons (Fsp3) is 0.214. The Labute approximate surface area is 116 Å². The molecule has 0 aliphatic rings. The maximum absolute atomic E-state index is 11.8. The summed E-state index contributed by atoms with van der Waals surface area (Å²) in [5.74, 6) is -0.391. The molecule has 2 N–H and O–H groups in total. The van der Waals surface area contributed by atoms with Crippen molar-refractivity contribution in [2.75, 3.05) is 0 Å². The van der Waals surface area contributed by atoms with Gasteiger partial charge in [0.2, 0.25) is 0 Å². The molecule has 0 atom stereocenters. The second-order valence-electron chi connectivity index (χ2n) is 4.28. The van der Waals surface area contributed by atoms with Gasteiger partial charge in [0.25, 0.3) is 11.8 Å². The van der Waals surface area contributed by atoms with E-state index in [-0.39, 0.29) is 11.6 Å². The summed E-state index contributed by atoms with van der Waals surface area (Å²) < 4.78 is 4.78. The lowest BCUT2D eigenvalue weighted by Gasteiger charge is -2.06. The van der Waals surface area contributed by atoms with Gasteiger partial charge in [-0.1, -0.05) is 24.2 Å². The van der Waals surface area contributed by atoms with E-state index < -0.39 is 5.91 Å². The zero-order valence-electron chi connectivity index (χ0n) is 11.3. The van der Waals surface area contributed by atoms with Gasteiger partial charge in [-0.05, 0) is 31.0 Å². The van der Waals surface area contributed by atoms with Crippen molar-refractivity contribution in [3.05, 3.63) is 52.9 Å². The summed E-state index contributed by atoms with van der Waals surface area (Å²) in [4.78, 5) is 23.5. The van der Waals surface area contributed by atoms with Gasteiger partial charge in [0.05, 0.1) is 0 Å². The number of nitrogens with zero attached hydrogens (tertiary/aromatic N) is 1. The largest absolute Gasteiger partial charge is 0.361 e. The highest BCUT2D eigenvalue weighted by Gasteiger charge is 2.12. The van der Waals surface area contributed by atoms with Gasteiger partial charge in [-0.15, -0.1) is 0 Å². The molecule has 104 valence electrons. The highest BCUT2D eigenvalue weighted by Crippen LogP contribution is 2.05. The predicted molar refractivity (Wildman–Crippen MR) is 72.0 cm³/mol. The Bertz CT molecular complexity index is 617. The highest BCUT2D eigenvalue weighted by atomic mass is 16.5. The van der Waals surface area contributed by atoms with E-state index in [1.807, 2.05) is 19.1 Å². The summed E-state index contributed by atoms with van der Waals surface area (Å²) >= 11 is 0. The first-order valence-electron chi connectivity index (χ1n) is 6.23. The maximum Gasteiger partial charge on any atom is 0.291 e. The fourth-order valence-electron chi connectivity index (χ4n) is 1.61. The Morgan fingerprint density at radius 1 is 1.15 bits per heavy atom. The number of rotatable bonds is 3. The van der Waals surface area contributed by atoms with E-state index in [9.17, 15) is 9.59 Å². The third kappa shape index (κ3) is 3.23. The maximum atomic E-state index is 11.8. The second kappa shape index (κ2) is 6.01. The molecule has 6 heteroatoms. The van der Waals surface area contributed by atoms with E-state index in [1.54, 1.807) is 19.1 Å². The second-order valence-corrected chi connectivity index (χ2v) is 4.28. The fourth-order valence-corrected chi connectivity index (χ4v) is 1.61. The van der Waals surface area contributed by atoms with Crippen molar-refractivity contribution >= 4 is 11.8 Å². The van der Waals surface area contributed by atoms with Crippen LogP contribution in [0.3, 0.4) is 0 Å². The van der Waals surface area contributed by atoms with Crippen LogP contribution < -0.4 is 10.9 Å². The summed E-state index contributed by atoms with van der Waals surface area (Å²) in [6.45, 7) is 3.72. The van der Waals surface area contributed by atoms with Gasteiger partial charge in [0, 0.05) is 11.6 Å². The Balaban J connectivity index is 1.92. The summed E-state index contributed by atoms with van der Waals surface area (Å²) in [5, 5.41) is 3.55. The van der Waals surface area contributed by atoms with Crippen LogP contribution in [0.4, 0.5) is 0 Å². The summed E-state index contributed by atoms with van der Waals surface area (Å²) in [5.41, 5.74) is 6.33. The molecule has 2 rings (SSSR count). The van der Waals surface area contributed by atoms with Crippen LogP contribution in [-0.2, 0) is 6.42 Å². The number of carbonyl (C=O) groups is 2. The smallest absolute Gasteiger partial charge is 0.291 e. The molecule has 0 radical (unpaired) electrons. The zero-order chi connectivity index (χ0) is 14.5. The molecule has 0 fully saturated rings. The Hall–Kier alpha value is -2.63. The number of amides is 2. The van der Waals surface area contributed by atoms with Crippen molar-refractivity contribution in [3.8, 4) is 0 Å². The molecular weight excluding hydrogens is 258 g/mol. The van der Waals surface area contributed by atoms with Crippen molar-refractivity contribution in [1.82, 2.24) is 16.0 Å². The third-order valence-electron chi connectivity index (χ3n) is 2.77. The minimum atomic E-state index is -0.527. The molecule has 6 nitrogen and oxygen atoms in total. The summed E-state index contributed by atoms with van der Waals surface area (Å²) in [6.07, 6.45) is 0.907. The lowest BCUT2D eigenvalue weighted by atomic mass is 10.1. The van der Waals surface area contributed by atoms with Gasteiger partial charge in [0.1, 0.15) is 5.76 Å². The third-order valence-corrected chi connectivity index (χ3v) is 2.77. The molecular formula is C14H15N3O3. The monoisotopic (exact) mass is 273 g/mol. The minimum Gasteiger partial charge on any atom is -0.361 e. The molecule has 1 aromatic carbocycles. The van der Waals surface area contributed by atoms with Gasteiger partial charge < -0.3 is 4.52 Å². The molecule has 0 saturated carbocycles. The molecule has 0 bridgehead atoms. The Morgan fingerprint density at radius 3 is 2.35 bits per heavy atom. The van der Waals surface area contributed by atoms with Crippen molar-refractivity contribution in [2.24, 2.45) is 0 Å². The first kappa shape index (κ1) is 13.8. The van der Waals surface area contributed by atoms with Crippen LogP contribution in [0, 0.1) is 6.92 Å². The molecule has 0 spiro atoms. The van der Waals surface area contributed by atoms with Crippen LogP contribution >= 0.6 is 0 Å². The average Bonchev–Trinajstić information content (AvgIpc) is 2.91. The number of nitrogens with one attached hydrogen (secondary N) is 2. The number of hydrazine groups is 1. The van der Waals surface area contributed by atoms with E-state index >= 15 is 0 Å². The Morgan fingerprint density at radius 2 is 1.80 bits per heavy atom. The van der Waals surface area contributed by atoms with Crippen LogP contribution in [0.15, 0.2) is 34.9 Å². The van der Waals surface area contributed by atoms with Gasteiger partial charge in [-0.25, -0.2) is 0 Å². The van der Waals surface area contributed by atoms with Crippen LogP contribution in [0.25, 0.3) is 0 Å². The minimum absolute atomic E-state index is 0.115. The molecule has 0 saturated heterocycles. The van der Waals surface area contributed by atoms with Crippen LogP contribution in [0.2, 0.25) is 0 Å². The first-order chi connectivity index (χ1) is 9.60. The molecule has 1 aromatic heterocycles. The van der Waals surface area contributed by atoms with Gasteiger partial charge >= 0.3 is 0 Å². The lowest BCUT2D eigenvalue weighted by Crippen LogP contribution is -2.41. The molecule has 1 heterocycles. The first-order valence-corrected chi connectivity index (χ1v) is 6.23. The molecule has 2 aromatic rings. The SMILES string of the molecule is CCc1ccc(C(=O)NNC(=O)c2cc(C)on2)cc1. The van der Waals surface area contributed by atoms with Crippen LogP contribution in [-0.4, -0.2) is 17.0 Å². The van der Waals surface area contributed by atoms with E-state index in [0.29, 0.717) is 11.3 Å². The standard InChI is InChI=1S/C14H15N3O3/c1-3-10-4-6-11(7-5-10)13(18)15-16-14(19)12-8-9(2)20-17-12/h4-8H,3H2,1-2H3,(H,15,18)(H,16,19). The summed E-state index contributed by atoms with van der Waals surface area (Å²) in [7, 11) is 0. The topological polar surface area (TPSA) is 84.2 Å². The van der Waals surface area contributed by atoms with E-state index in [1.165, 1.54) is 6.07 Å². The predicted octanol–water partition coefficient (Wildman–Crippen LogP) is 1.62. The number of aryl methyl sites for hydroxylation is 2. The van der Waals surface area contributed by atoms with E-state index in [0.717, 1.165) is 12.0 Å². The quantitative estimate of drug-likeness (QED) is 0.832. The lowest BCUT2D eigenvalue weighted by molar-refractivity contribution is 0.0841. The van der Waals surface area contributed by atoms with Crippen molar-refractivity contribution < 1.29 is 14.1 Å². The number of aromatic nitrogens is 1.